The second-order valence-corrected chi connectivity index (χ2v) is 4.43. The molecule has 0 aliphatic carbocycles. The van der Waals surface area contributed by atoms with E-state index in [0.29, 0.717) is 10.2 Å². The summed E-state index contributed by atoms with van der Waals surface area (Å²) >= 11 is 1.46. The molecule has 0 amide bonds. The van der Waals surface area contributed by atoms with Crippen molar-refractivity contribution in [3.63, 3.8) is 0 Å². The SMILES string of the molecule is Cc1sc2c(c1C)c(=O)[n-]c(=O)n2C.[Rb+]. The molecule has 0 saturated heterocycles. The Balaban J connectivity index is 0.00000112. The van der Waals surface area contributed by atoms with E-state index >= 15 is 0 Å². The van der Waals surface area contributed by atoms with Gasteiger partial charge in [-0.3, -0.25) is 9.59 Å². The van der Waals surface area contributed by atoms with Gasteiger partial charge in [-0.2, -0.15) is 0 Å². The molecule has 2 aromatic rings. The molecule has 15 heavy (non-hydrogen) atoms. The topological polar surface area (TPSA) is 53.2 Å². The van der Waals surface area contributed by atoms with Gasteiger partial charge in [-0.1, -0.05) is 7.05 Å². The molecule has 74 valence electrons. The van der Waals surface area contributed by atoms with Crippen molar-refractivity contribution < 1.29 is 58.2 Å². The summed E-state index contributed by atoms with van der Waals surface area (Å²) in [7, 11) is 1.63. The van der Waals surface area contributed by atoms with Crippen LogP contribution in [0.15, 0.2) is 9.59 Å². The van der Waals surface area contributed by atoms with Crippen LogP contribution in [0, 0.1) is 13.8 Å². The van der Waals surface area contributed by atoms with Crippen LogP contribution in [0.5, 0.6) is 0 Å². The fourth-order valence-electron chi connectivity index (χ4n) is 1.40. The average Bonchev–Trinajstić information content (AvgIpc) is 2.40. The van der Waals surface area contributed by atoms with E-state index in [9.17, 15) is 9.59 Å². The normalized spacial score (nSPS) is 10.3. The Morgan fingerprint density at radius 2 is 1.87 bits per heavy atom. The number of aryl methyl sites for hydroxylation is 3. The van der Waals surface area contributed by atoms with Crippen molar-refractivity contribution >= 4 is 21.6 Å². The van der Waals surface area contributed by atoms with Gasteiger partial charge in [-0.05, 0) is 19.4 Å². The fraction of sp³-hybridized carbons (Fsp3) is 0.333. The third-order valence-corrected chi connectivity index (χ3v) is 3.65. The van der Waals surface area contributed by atoms with Crippen molar-refractivity contribution in [1.82, 2.24) is 9.55 Å². The largest absolute Gasteiger partial charge is 1.00 e. The molecule has 0 aliphatic heterocycles. The summed E-state index contributed by atoms with van der Waals surface area (Å²) in [6, 6.07) is 0. The molecule has 0 radical (unpaired) electrons. The molecule has 0 unspecified atom stereocenters. The van der Waals surface area contributed by atoms with Crippen LogP contribution in [0.1, 0.15) is 10.4 Å². The summed E-state index contributed by atoms with van der Waals surface area (Å²) in [5, 5.41) is 0.578. The molecule has 0 bridgehead atoms. The van der Waals surface area contributed by atoms with Gasteiger partial charge in [-0.15, -0.1) is 11.3 Å². The van der Waals surface area contributed by atoms with Crippen LogP contribution in [0.4, 0.5) is 0 Å². The summed E-state index contributed by atoms with van der Waals surface area (Å²) in [4.78, 5) is 27.9. The van der Waals surface area contributed by atoms with E-state index in [0.717, 1.165) is 10.4 Å². The van der Waals surface area contributed by atoms with Crippen LogP contribution >= 0.6 is 11.3 Å². The van der Waals surface area contributed by atoms with Crippen molar-refractivity contribution in [3.05, 3.63) is 31.3 Å². The van der Waals surface area contributed by atoms with E-state index < -0.39 is 11.2 Å². The van der Waals surface area contributed by atoms with Gasteiger partial charge in [0, 0.05) is 15.1 Å². The molecular formula is C9H9N2O2RbS. The molecule has 0 aliphatic rings. The number of thiophene rings is 1. The third kappa shape index (κ3) is 2.13. The minimum Gasteiger partial charge on any atom is -0.405 e. The molecule has 0 aromatic carbocycles. The first-order valence-electron chi connectivity index (χ1n) is 4.16. The van der Waals surface area contributed by atoms with Crippen LogP contribution in [-0.4, -0.2) is 4.57 Å². The molecule has 2 heterocycles. The number of rotatable bonds is 0. The molecule has 0 atom stereocenters. The summed E-state index contributed by atoms with van der Waals surface area (Å²) in [6.45, 7) is 3.81. The first kappa shape index (κ1) is 13.5. The zero-order valence-corrected chi connectivity index (χ0v) is 14.9. The van der Waals surface area contributed by atoms with Crippen molar-refractivity contribution in [1.29, 1.82) is 0 Å². The van der Waals surface area contributed by atoms with E-state index in [-0.39, 0.29) is 58.2 Å². The maximum atomic E-state index is 11.5. The molecule has 2 rings (SSSR count). The minimum absolute atomic E-state index is 0. The summed E-state index contributed by atoms with van der Waals surface area (Å²) < 4.78 is 1.42. The molecule has 0 fully saturated rings. The molecule has 0 saturated carbocycles. The second-order valence-electron chi connectivity index (χ2n) is 3.22. The summed E-state index contributed by atoms with van der Waals surface area (Å²) in [6.07, 6.45) is 0. The number of hydrogen-bond donors (Lipinski definition) is 0. The molecule has 2 aromatic heterocycles. The second kappa shape index (κ2) is 4.75. The smallest absolute Gasteiger partial charge is 0.405 e. The van der Waals surface area contributed by atoms with Crippen molar-refractivity contribution in [2.75, 3.05) is 0 Å². The van der Waals surface area contributed by atoms with E-state index in [2.05, 4.69) is 4.98 Å². The number of aromatic nitrogens is 2. The Morgan fingerprint density at radius 1 is 1.27 bits per heavy atom. The van der Waals surface area contributed by atoms with Gasteiger partial charge in [0.15, 0.2) is 11.2 Å². The van der Waals surface area contributed by atoms with Gasteiger partial charge in [0.25, 0.3) is 0 Å². The Hall–Kier alpha value is 0.445. The van der Waals surface area contributed by atoms with E-state index in [1.165, 1.54) is 15.9 Å². The van der Waals surface area contributed by atoms with Crippen molar-refractivity contribution in [3.8, 4) is 0 Å². The number of fused-ring (bicyclic) bond motifs is 1. The standard InChI is InChI=1S/C9H10N2O2S.Rb/c1-4-5(2)14-8-6(4)7(12)10-9(13)11(8)3;/h1-3H3,(H,10,12,13);/q;+1/p-1. The summed E-state index contributed by atoms with van der Waals surface area (Å²) in [5.41, 5.74) is 0.0341. The van der Waals surface area contributed by atoms with Crippen LogP contribution in [0.25, 0.3) is 10.2 Å². The van der Waals surface area contributed by atoms with E-state index in [1.807, 2.05) is 13.8 Å². The van der Waals surface area contributed by atoms with Gasteiger partial charge >= 0.3 is 58.2 Å². The molecule has 0 spiro atoms. The first-order chi connectivity index (χ1) is 6.52. The fourth-order valence-corrected chi connectivity index (χ4v) is 2.50. The number of nitrogens with zero attached hydrogens (tertiary/aromatic N) is 2. The van der Waals surface area contributed by atoms with Gasteiger partial charge in [0.2, 0.25) is 0 Å². The van der Waals surface area contributed by atoms with Crippen LogP contribution in [-0.2, 0) is 7.05 Å². The van der Waals surface area contributed by atoms with Gasteiger partial charge < -0.3 is 9.55 Å². The Kier molecular flexibility index (Phi) is 4.28. The Bertz CT molecular complexity index is 623. The zero-order chi connectivity index (χ0) is 10.5. The quantitative estimate of drug-likeness (QED) is 0.542. The zero-order valence-electron chi connectivity index (χ0n) is 9.12. The maximum absolute atomic E-state index is 11.5. The minimum atomic E-state index is -0.483. The monoisotopic (exact) mass is 294 g/mol. The average molecular weight is 295 g/mol. The molecular weight excluding hydrogens is 286 g/mol. The molecule has 0 N–H and O–H groups in total. The van der Waals surface area contributed by atoms with Crippen LogP contribution in [0.3, 0.4) is 0 Å². The molecule has 4 nitrogen and oxygen atoms in total. The van der Waals surface area contributed by atoms with Crippen LogP contribution in [0.2, 0.25) is 0 Å². The van der Waals surface area contributed by atoms with E-state index in [4.69, 9.17) is 0 Å². The van der Waals surface area contributed by atoms with Gasteiger partial charge in [0.1, 0.15) is 0 Å². The molecule has 6 heteroatoms. The maximum Gasteiger partial charge on any atom is 1.00 e. The third-order valence-electron chi connectivity index (χ3n) is 2.37. The van der Waals surface area contributed by atoms with Gasteiger partial charge in [-0.25, -0.2) is 0 Å². The number of hydrogen-bond acceptors (Lipinski definition) is 3. The van der Waals surface area contributed by atoms with Crippen molar-refractivity contribution in [2.24, 2.45) is 7.05 Å². The first-order valence-corrected chi connectivity index (χ1v) is 4.97. The Labute approximate surface area is 139 Å². The summed E-state index contributed by atoms with van der Waals surface area (Å²) in [5.74, 6) is 0. The van der Waals surface area contributed by atoms with Gasteiger partial charge in [0.05, 0.1) is 0 Å². The Morgan fingerprint density at radius 3 is 2.47 bits per heavy atom. The van der Waals surface area contributed by atoms with Crippen molar-refractivity contribution in [2.45, 2.75) is 13.8 Å². The van der Waals surface area contributed by atoms with E-state index in [1.54, 1.807) is 7.05 Å². The van der Waals surface area contributed by atoms with Crippen LogP contribution < -0.4 is 74.4 Å². The predicted molar refractivity (Wildman–Crippen MR) is 56.1 cm³/mol. The predicted octanol–water partition coefficient (Wildman–Crippen LogP) is -2.46.